The second kappa shape index (κ2) is 7.11. The highest BCUT2D eigenvalue weighted by Gasteiger charge is 2.29. The third-order valence-corrected chi connectivity index (χ3v) is 5.38. The third kappa shape index (κ3) is 3.44. The Kier molecular flexibility index (Phi) is 4.65. The minimum Gasteiger partial charge on any atom is -0.419 e. The number of oxazole rings is 1. The number of hydrogen-bond donors (Lipinski definition) is 0. The van der Waals surface area contributed by atoms with Crippen molar-refractivity contribution >= 4 is 22.9 Å². The number of fused-ring (bicyclic) bond motifs is 1. The van der Waals surface area contributed by atoms with Gasteiger partial charge in [-0.2, -0.15) is 0 Å². The monoisotopic (exact) mass is 383 g/mol. The van der Waals surface area contributed by atoms with E-state index in [9.17, 15) is 0 Å². The maximum absolute atomic E-state index is 6.10. The fourth-order valence-electron chi connectivity index (χ4n) is 2.81. The van der Waals surface area contributed by atoms with Crippen LogP contribution < -0.4 is 4.90 Å². The van der Waals surface area contributed by atoms with E-state index in [0.717, 1.165) is 51.4 Å². The Hall–Kier alpha value is -2.74. The normalized spacial score (nSPS) is 15.4. The van der Waals surface area contributed by atoms with Gasteiger partial charge in [0.25, 0.3) is 0 Å². The molecule has 0 amide bonds. The van der Waals surface area contributed by atoms with Crippen molar-refractivity contribution in [2.75, 3.05) is 18.5 Å². The molecule has 27 heavy (non-hydrogen) atoms. The number of nitrogens with zero attached hydrogens (tertiary/aromatic N) is 5. The summed E-state index contributed by atoms with van der Waals surface area (Å²) in [5, 5.41) is 5.19. The molecule has 140 valence electrons. The summed E-state index contributed by atoms with van der Waals surface area (Å²) in [6, 6.07) is 3.90. The maximum atomic E-state index is 6.10. The minimum absolute atomic E-state index is 0.0257. The Morgan fingerprint density at radius 1 is 1.33 bits per heavy atom. The lowest BCUT2D eigenvalue weighted by Crippen LogP contribution is -2.28. The molecule has 0 fully saturated rings. The Balaban J connectivity index is 1.73. The van der Waals surface area contributed by atoms with Gasteiger partial charge in [-0.1, -0.05) is 5.16 Å². The molecule has 4 heterocycles. The lowest BCUT2D eigenvalue weighted by atomic mass is 10.1. The first kappa shape index (κ1) is 17.7. The van der Waals surface area contributed by atoms with Gasteiger partial charge in [0.1, 0.15) is 21.7 Å². The van der Waals surface area contributed by atoms with Gasteiger partial charge in [-0.3, -0.25) is 4.98 Å². The molecule has 0 saturated carbocycles. The number of rotatable bonds is 4. The molecule has 3 aromatic heterocycles. The van der Waals surface area contributed by atoms with Crippen LogP contribution in [0.25, 0.3) is 21.3 Å². The van der Waals surface area contributed by atoms with Gasteiger partial charge in [0.05, 0.1) is 5.69 Å². The SMILES string of the molecule is Cc1nc(-c2cccnc2)sc1-c1nc2c(o1)N(C)CC/C2=N\OC(C)C. The van der Waals surface area contributed by atoms with Crippen molar-refractivity contribution in [1.82, 2.24) is 15.0 Å². The highest BCUT2D eigenvalue weighted by molar-refractivity contribution is 7.18. The van der Waals surface area contributed by atoms with Crippen molar-refractivity contribution in [2.24, 2.45) is 5.16 Å². The predicted molar refractivity (Wildman–Crippen MR) is 106 cm³/mol. The van der Waals surface area contributed by atoms with Gasteiger partial charge in [0.2, 0.25) is 11.8 Å². The molecule has 0 unspecified atom stereocenters. The van der Waals surface area contributed by atoms with Gasteiger partial charge in [-0.25, -0.2) is 9.97 Å². The molecule has 0 saturated heterocycles. The van der Waals surface area contributed by atoms with E-state index in [4.69, 9.17) is 14.2 Å². The summed E-state index contributed by atoms with van der Waals surface area (Å²) < 4.78 is 6.10. The minimum atomic E-state index is 0.0257. The molecule has 0 aliphatic carbocycles. The highest BCUT2D eigenvalue weighted by atomic mass is 32.1. The molecule has 0 aromatic carbocycles. The van der Waals surface area contributed by atoms with E-state index in [0.29, 0.717) is 5.89 Å². The summed E-state index contributed by atoms with van der Waals surface area (Å²) in [4.78, 5) is 22.0. The van der Waals surface area contributed by atoms with Gasteiger partial charge in [0, 0.05) is 38.0 Å². The second-order valence-corrected chi connectivity index (χ2v) is 7.71. The van der Waals surface area contributed by atoms with E-state index in [2.05, 4.69) is 20.0 Å². The maximum Gasteiger partial charge on any atom is 0.241 e. The van der Waals surface area contributed by atoms with Crippen LogP contribution >= 0.6 is 11.3 Å². The van der Waals surface area contributed by atoms with Crippen LogP contribution in [0.15, 0.2) is 34.1 Å². The quantitative estimate of drug-likeness (QED) is 0.630. The number of aromatic nitrogens is 3. The van der Waals surface area contributed by atoms with E-state index < -0.39 is 0 Å². The summed E-state index contributed by atoms with van der Waals surface area (Å²) in [7, 11) is 1.99. The van der Waals surface area contributed by atoms with Crippen LogP contribution in [0.2, 0.25) is 0 Å². The van der Waals surface area contributed by atoms with Crippen molar-refractivity contribution in [2.45, 2.75) is 33.3 Å². The predicted octanol–water partition coefficient (Wildman–Crippen LogP) is 4.14. The number of thiazole rings is 1. The van der Waals surface area contributed by atoms with Crippen molar-refractivity contribution in [1.29, 1.82) is 0 Å². The molecule has 4 rings (SSSR count). The van der Waals surface area contributed by atoms with E-state index in [-0.39, 0.29) is 6.10 Å². The van der Waals surface area contributed by atoms with Gasteiger partial charge in [0.15, 0.2) is 5.69 Å². The molecule has 3 aromatic rings. The van der Waals surface area contributed by atoms with Crippen LogP contribution in [0.3, 0.4) is 0 Å². The first-order valence-corrected chi connectivity index (χ1v) is 9.68. The van der Waals surface area contributed by atoms with Crippen LogP contribution in [0.1, 0.15) is 31.7 Å². The average Bonchev–Trinajstić information content (AvgIpc) is 3.26. The Morgan fingerprint density at radius 3 is 2.93 bits per heavy atom. The van der Waals surface area contributed by atoms with Gasteiger partial charge < -0.3 is 14.2 Å². The van der Waals surface area contributed by atoms with Crippen LogP contribution in [-0.2, 0) is 4.84 Å². The lowest BCUT2D eigenvalue weighted by molar-refractivity contribution is 0.0855. The molecular formula is C19H21N5O2S. The molecule has 0 radical (unpaired) electrons. The van der Waals surface area contributed by atoms with Crippen LogP contribution in [0.5, 0.6) is 0 Å². The van der Waals surface area contributed by atoms with Crippen molar-refractivity contribution in [3.05, 3.63) is 35.9 Å². The highest BCUT2D eigenvalue weighted by Crippen LogP contribution is 2.38. The number of anilines is 1. The number of pyridine rings is 1. The Morgan fingerprint density at radius 2 is 2.19 bits per heavy atom. The topological polar surface area (TPSA) is 76.6 Å². The van der Waals surface area contributed by atoms with Crippen molar-refractivity contribution < 1.29 is 9.25 Å². The lowest BCUT2D eigenvalue weighted by Gasteiger charge is -2.22. The first-order valence-electron chi connectivity index (χ1n) is 8.86. The van der Waals surface area contributed by atoms with Crippen molar-refractivity contribution in [3.63, 3.8) is 0 Å². The zero-order valence-corrected chi connectivity index (χ0v) is 16.6. The largest absolute Gasteiger partial charge is 0.419 e. The van der Waals surface area contributed by atoms with E-state index in [1.165, 1.54) is 0 Å². The fourth-order valence-corrected chi connectivity index (χ4v) is 3.80. The number of oxime groups is 1. The molecular weight excluding hydrogens is 362 g/mol. The smallest absolute Gasteiger partial charge is 0.241 e. The van der Waals surface area contributed by atoms with Crippen LogP contribution in [0, 0.1) is 6.92 Å². The molecule has 1 aliphatic rings. The average molecular weight is 383 g/mol. The molecule has 7 nitrogen and oxygen atoms in total. The van der Waals surface area contributed by atoms with Crippen molar-refractivity contribution in [3.8, 4) is 21.3 Å². The molecule has 1 aliphatic heterocycles. The number of aryl methyl sites for hydroxylation is 1. The van der Waals surface area contributed by atoms with Crippen LogP contribution in [0.4, 0.5) is 5.88 Å². The first-order chi connectivity index (χ1) is 13.0. The fraction of sp³-hybridized carbons (Fsp3) is 0.368. The molecule has 0 atom stereocenters. The molecule has 0 spiro atoms. The summed E-state index contributed by atoms with van der Waals surface area (Å²) in [5.74, 6) is 1.29. The van der Waals surface area contributed by atoms with E-state index in [1.807, 2.05) is 46.1 Å². The zero-order chi connectivity index (χ0) is 19.0. The van der Waals surface area contributed by atoms with E-state index in [1.54, 1.807) is 17.5 Å². The van der Waals surface area contributed by atoms with Crippen LogP contribution in [-0.4, -0.2) is 40.4 Å². The van der Waals surface area contributed by atoms with E-state index >= 15 is 0 Å². The summed E-state index contributed by atoms with van der Waals surface area (Å²) in [6.07, 6.45) is 4.36. The Labute approximate surface area is 161 Å². The Bertz CT molecular complexity index is 977. The third-order valence-electron chi connectivity index (χ3n) is 4.19. The molecule has 8 heteroatoms. The standard InChI is InChI=1S/C19H21N5O2S/c1-11(2)26-23-14-7-9-24(4)19-15(14)22-17(25-19)16-12(3)21-18(27-16)13-6-5-8-20-10-13/h5-6,8,10-11H,7,9H2,1-4H3/b23-14+. The van der Waals surface area contributed by atoms with Gasteiger partial charge in [-0.15, -0.1) is 11.3 Å². The number of hydrogen-bond acceptors (Lipinski definition) is 8. The summed E-state index contributed by atoms with van der Waals surface area (Å²) in [6.45, 7) is 6.68. The molecule has 0 bridgehead atoms. The summed E-state index contributed by atoms with van der Waals surface area (Å²) >= 11 is 1.55. The second-order valence-electron chi connectivity index (χ2n) is 6.71. The zero-order valence-electron chi connectivity index (χ0n) is 15.8. The molecule has 0 N–H and O–H groups in total. The summed E-state index contributed by atoms with van der Waals surface area (Å²) in [5.41, 5.74) is 3.44. The van der Waals surface area contributed by atoms with Gasteiger partial charge >= 0.3 is 0 Å². The van der Waals surface area contributed by atoms with Gasteiger partial charge in [-0.05, 0) is 32.9 Å².